The predicted molar refractivity (Wildman–Crippen MR) is 96.9 cm³/mol. The maximum atomic E-state index is 12.3. The number of amides is 3. The summed E-state index contributed by atoms with van der Waals surface area (Å²) in [6.07, 6.45) is 0. The summed E-state index contributed by atoms with van der Waals surface area (Å²) in [6.45, 7) is 3.40. The highest BCUT2D eigenvalue weighted by Crippen LogP contribution is 2.15. The Morgan fingerprint density at radius 2 is 1.88 bits per heavy atom. The zero-order valence-electron chi connectivity index (χ0n) is 14.3. The maximum absolute atomic E-state index is 12.3. The van der Waals surface area contributed by atoms with Crippen LogP contribution in [0.4, 0.5) is 10.5 Å². The van der Waals surface area contributed by atoms with E-state index in [0.717, 1.165) is 15.8 Å². The van der Waals surface area contributed by atoms with Crippen molar-refractivity contribution < 1.29 is 9.59 Å². The van der Waals surface area contributed by atoms with Crippen molar-refractivity contribution in [2.24, 2.45) is 0 Å². The summed E-state index contributed by atoms with van der Waals surface area (Å²) in [5.41, 5.74) is 2.55. The van der Waals surface area contributed by atoms with Gasteiger partial charge < -0.3 is 5.32 Å². The number of imide groups is 1. The van der Waals surface area contributed by atoms with Gasteiger partial charge in [-0.1, -0.05) is 35.0 Å². The van der Waals surface area contributed by atoms with Crippen molar-refractivity contribution in [1.29, 1.82) is 0 Å². The van der Waals surface area contributed by atoms with Crippen LogP contribution in [0.2, 0.25) is 0 Å². The second-order valence-corrected chi connectivity index (χ2v) is 5.89. The lowest BCUT2D eigenvalue weighted by atomic mass is 10.1. The molecular formula is C18H17N5O3. The summed E-state index contributed by atoms with van der Waals surface area (Å²) in [5, 5.41) is 12.8. The minimum Gasteiger partial charge on any atom is -0.307 e. The smallest absolute Gasteiger partial charge is 0.307 e. The van der Waals surface area contributed by atoms with E-state index in [0.29, 0.717) is 16.6 Å². The molecule has 3 aromatic rings. The fourth-order valence-electron chi connectivity index (χ4n) is 2.54. The van der Waals surface area contributed by atoms with Crippen molar-refractivity contribution in [3.05, 3.63) is 63.9 Å². The van der Waals surface area contributed by atoms with Gasteiger partial charge in [0.1, 0.15) is 12.1 Å². The molecule has 0 spiro atoms. The first-order valence-corrected chi connectivity index (χ1v) is 7.94. The number of hydrogen-bond donors (Lipinski definition) is 2. The van der Waals surface area contributed by atoms with Gasteiger partial charge in [0.05, 0.1) is 5.39 Å². The van der Waals surface area contributed by atoms with E-state index in [1.807, 2.05) is 26.0 Å². The van der Waals surface area contributed by atoms with E-state index in [4.69, 9.17) is 0 Å². The summed E-state index contributed by atoms with van der Waals surface area (Å²) in [7, 11) is 0. The number of aryl methyl sites for hydroxylation is 2. The second kappa shape index (κ2) is 7.14. The van der Waals surface area contributed by atoms with Crippen molar-refractivity contribution >= 4 is 28.5 Å². The van der Waals surface area contributed by atoms with Gasteiger partial charge in [-0.15, -0.1) is 5.10 Å². The summed E-state index contributed by atoms with van der Waals surface area (Å²) < 4.78 is 0.919. The van der Waals surface area contributed by atoms with Crippen LogP contribution in [-0.2, 0) is 11.3 Å². The van der Waals surface area contributed by atoms with Gasteiger partial charge in [0.25, 0.3) is 5.56 Å². The van der Waals surface area contributed by atoms with Crippen LogP contribution < -0.4 is 16.2 Å². The minimum atomic E-state index is -0.677. The van der Waals surface area contributed by atoms with Gasteiger partial charge in [-0.3, -0.25) is 14.9 Å². The fraction of sp³-hybridized carbons (Fsp3) is 0.167. The fourth-order valence-corrected chi connectivity index (χ4v) is 2.54. The molecule has 0 radical (unpaired) electrons. The average molecular weight is 351 g/mol. The molecule has 0 aliphatic carbocycles. The number of nitrogens with zero attached hydrogens (tertiary/aromatic N) is 3. The van der Waals surface area contributed by atoms with E-state index < -0.39 is 24.0 Å². The van der Waals surface area contributed by atoms with Crippen molar-refractivity contribution in [2.75, 3.05) is 5.32 Å². The highest BCUT2D eigenvalue weighted by atomic mass is 16.2. The summed E-state index contributed by atoms with van der Waals surface area (Å²) in [5.74, 6) is -0.668. The van der Waals surface area contributed by atoms with E-state index in [1.165, 1.54) is 0 Å². The Morgan fingerprint density at radius 3 is 2.65 bits per heavy atom. The quantitative estimate of drug-likeness (QED) is 0.748. The first kappa shape index (κ1) is 17.3. The lowest BCUT2D eigenvalue weighted by Gasteiger charge is -2.10. The molecule has 8 nitrogen and oxygen atoms in total. The first-order valence-electron chi connectivity index (χ1n) is 7.94. The molecule has 3 amide bonds. The number of hydrogen-bond acceptors (Lipinski definition) is 5. The molecule has 0 aliphatic heterocycles. The Balaban J connectivity index is 1.68. The zero-order chi connectivity index (χ0) is 18.7. The largest absolute Gasteiger partial charge is 0.325 e. The molecule has 1 aromatic heterocycles. The third kappa shape index (κ3) is 3.75. The van der Waals surface area contributed by atoms with Crippen molar-refractivity contribution in [3.8, 4) is 0 Å². The molecule has 1 heterocycles. The number of aromatic nitrogens is 3. The monoisotopic (exact) mass is 351 g/mol. The van der Waals surface area contributed by atoms with Crippen LogP contribution in [0.1, 0.15) is 11.1 Å². The maximum Gasteiger partial charge on any atom is 0.325 e. The molecule has 0 saturated carbocycles. The Morgan fingerprint density at radius 1 is 1.12 bits per heavy atom. The SMILES string of the molecule is Cc1ccc(NC(=O)NC(=O)Cn2nnc3ccccc3c2=O)c(C)c1. The van der Waals surface area contributed by atoms with E-state index in [-0.39, 0.29) is 0 Å². The Hall–Kier alpha value is -3.55. The zero-order valence-corrected chi connectivity index (χ0v) is 14.3. The van der Waals surface area contributed by atoms with Crippen LogP contribution >= 0.6 is 0 Å². The van der Waals surface area contributed by atoms with E-state index in [9.17, 15) is 14.4 Å². The van der Waals surface area contributed by atoms with E-state index in [2.05, 4.69) is 20.9 Å². The molecule has 0 unspecified atom stereocenters. The molecule has 0 atom stereocenters. The number of fused-ring (bicyclic) bond motifs is 1. The van der Waals surface area contributed by atoms with Gasteiger partial charge in [-0.25, -0.2) is 9.48 Å². The van der Waals surface area contributed by atoms with E-state index in [1.54, 1.807) is 30.3 Å². The molecule has 0 fully saturated rings. The van der Waals surface area contributed by atoms with Crippen molar-refractivity contribution in [1.82, 2.24) is 20.3 Å². The topological polar surface area (TPSA) is 106 Å². The number of urea groups is 1. The van der Waals surface area contributed by atoms with Crippen molar-refractivity contribution in [3.63, 3.8) is 0 Å². The van der Waals surface area contributed by atoms with E-state index >= 15 is 0 Å². The molecule has 8 heteroatoms. The summed E-state index contributed by atoms with van der Waals surface area (Å²) in [6, 6.07) is 11.6. The Labute approximate surface area is 148 Å². The summed E-state index contributed by atoms with van der Waals surface area (Å²) >= 11 is 0. The molecule has 0 aliphatic rings. The average Bonchev–Trinajstić information content (AvgIpc) is 2.60. The van der Waals surface area contributed by atoms with Gasteiger partial charge in [0.15, 0.2) is 0 Å². The van der Waals surface area contributed by atoms with Gasteiger partial charge in [-0.05, 0) is 37.6 Å². The van der Waals surface area contributed by atoms with Gasteiger partial charge >= 0.3 is 6.03 Å². The third-order valence-corrected chi connectivity index (χ3v) is 3.81. The molecule has 132 valence electrons. The molecule has 3 rings (SSSR count). The lowest BCUT2D eigenvalue weighted by Crippen LogP contribution is -2.39. The summed E-state index contributed by atoms with van der Waals surface area (Å²) in [4.78, 5) is 36.3. The molecular weight excluding hydrogens is 334 g/mol. The van der Waals surface area contributed by atoms with Crippen LogP contribution in [0.5, 0.6) is 0 Å². The minimum absolute atomic E-state index is 0.357. The normalized spacial score (nSPS) is 10.5. The molecule has 26 heavy (non-hydrogen) atoms. The Bertz CT molecular complexity index is 1060. The van der Waals surface area contributed by atoms with Crippen molar-refractivity contribution in [2.45, 2.75) is 20.4 Å². The number of nitrogens with one attached hydrogen (secondary N) is 2. The first-order chi connectivity index (χ1) is 12.4. The highest BCUT2D eigenvalue weighted by molar-refractivity contribution is 6.01. The third-order valence-electron chi connectivity index (χ3n) is 3.81. The number of benzene rings is 2. The lowest BCUT2D eigenvalue weighted by molar-refractivity contribution is -0.120. The molecule has 2 N–H and O–H groups in total. The molecule has 0 bridgehead atoms. The number of anilines is 1. The predicted octanol–water partition coefficient (Wildman–Crippen LogP) is 1.76. The number of rotatable bonds is 3. The van der Waals surface area contributed by atoms with Gasteiger partial charge in [0.2, 0.25) is 5.91 Å². The van der Waals surface area contributed by atoms with Gasteiger partial charge in [-0.2, -0.15) is 0 Å². The van der Waals surface area contributed by atoms with Crippen LogP contribution in [-0.4, -0.2) is 26.9 Å². The van der Waals surface area contributed by atoms with Crippen LogP contribution in [0.15, 0.2) is 47.3 Å². The van der Waals surface area contributed by atoms with Gasteiger partial charge in [0, 0.05) is 5.69 Å². The number of carbonyl (C=O) groups excluding carboxylic acids is 2. The highest BCUT2D eigenvalue weighted by Gasteiger charge is 2.13. The second-order valence-electron chi connectivity index (χ2n) is 5.89. The Kier molecular flexibility index (Phi) is 4.74. The number of carbonyl (C=O) groups is 2. The van der Waals surface area contributed by atoms with Crippen LogP contribution in [0, 0.1) is 13.8 Å². The van der Waals surface area contributed by atoms with Crippen LogP contribution in [0.3, 0.4) is 0 Å². The molecule has 0 saturated heterocycles. The molecule has 2 aromatic carbocycles. The standard InChI is InChI=1S/C18H17N5O3/c1-11-7-8-14(12(2)9-11)19-18(26)20-16(24)10-23-17(25)13-5-3-4-6-15(13)21-22-23/h3-9H,10H2,1-2H3,(H2,19,20,24,26). The van der Waals surface area contributed by atoms with Crippen LogP contribution in [0.25, 0.3) is 10.9 Å².